The van der Waals surface area contributed by atoms with Crippen molar-refractivity contribution in [2.45, 2.75) is 6.92 Å². The highest BCUT2D eigenvalue weighted by Crippen LogP contribution is 2.37. The number of rotatable bonds is 3. The number of Topliss-reactive ketones (excluding diaryl/α,β-unsaturated/α-hetero) is 1. The largest absolute Gasteiger partial charge is 0.504 e. The van der Waals surface area contributed by atoms with E-state index in [2.05, 4.69) is 15.9 Å². The van der Waals surface area contributed by atoms with Crippen LogP contribution in [0.15, 0.2) is 10.5 Å². The smallest absolute Gasteiger partial charge is 0.180 e. The van der Waals surface area contributed by atoms with Gasteiger partial charge in [-0.1, -0.05) is 15.9 Å². The first-order valence-corrected chi connectivity index (χ1v) is 5.11. The summed E-state index contributed by atoms with van der Waals surface area (Å²) in [5.41, 5.74) is 6.33. The van der Waals surface area contributed by atoms with E-state index in [1.807, 2.05) is 0 Å². The van der Waals surface area contributed by atoms with Crippen molar-refractivity contribution in [3.05, 3.63) is 21.7 Å². The van der Waals surface area contributed by atoms with Crippen LogP contribution in [0, 0.1) is 6.92 Å². The van der Waals surface area contributed by atoms with Gasteiger partial charge in [0.2, 0.25) is 0 Å². The average molecular weight is 274 g/mol. The van der Waals surface area contributed by atoms with Gasteiger partial charge in [0.05, 0.1) is 19.2 Å². The summed E-state index contributed by atoms with van der Waals surface area (Å²) >= 11 is 3.25. The zero-order chi connectivity index (χ0) is 11.6. The maximum Gasteiger partial charge on any atom is 0.180 e. The van der Waals surface area contributed by atoms with Crippen molar-refractivity contribution in [3.63, 3.8) is 0 Å². The molecule has 0 saturated heterocycles. The highest BCUT2D eigenvalue weighted by molar-refractivity contribution is 9.10. The van der Waals surface area contributed by atoms with E-state index in [1.54, 1.807) is 6.92 Å². The number of nitrogens with two attached hydrogens (primary N) is 1. The van der Waals surface area contributed by atoms with Gasteiger partial charge in [-0.25, -0.2) is 0 Å². The number of hydrogen-bond acceptors (Lipinski definition) is 4. The van der Waals surface area contributed by atoms with Gasteiger partial charge in [-0.2, -0.15) is 0 Å². The van der Waals surface area contributed by atoms with Gasteiger partial charge < -0.3 is 15.6 Å². The fraction of sp³-hybridized carbons (Fsp3) is 0.300. The molecule has 0 saturated carbocycles. The van der Waals surface area contributed by atoms with Gasteiger partial charge in [-0.15, -0.1) is 0 Å². The number of phenolic OH excluding ortho intramolecular Hbond substituents is 1. The van der Waals surface area contributed by atoms with Crippen LogP contribution in [0.4, 0.5) is 0 Å². The Morgan fingerprint density at radius 2 is 2.27 bits per heavy atom. The molecule has 1 aromatic carbocycles. The molecule has 15 heavy (non-hydrogen) atoms. The Labute approximate surface area is 96.2 Å². The fourth-order valence-corrected chi connectivity index (χ4v) is 1.77. The maximum atomic E-state index is 11.6. The first kappa shape index (κ1) is 12.0. The highest BCUT2D eigenvalue weighted by atomic mass is 79.9. The molecule has 0 aromatic heterocycles. The third-order valence-electron chi connectivity index (χ3n) is 2.12. The van der Waals surface area contributed by atoms with Crippen LogP contribution in [0.1, 0.15) is 15.9 Å². The monoisotopic (exact) mass is 273 g/mol. The molecule has 0 aliphatic carbocycles. The number of carbonyl (C=O) groups excluding carboxylic acids is 1. The lowest BCUT2D eigenvalue weighted by Gasteiger charge is -2.13. The van der Waals surface area contributed by atoms with Crippen LogP contribution in [0.3, 0.4) is 0 Å². The zero-order valence-corrected chi connectivity index (χ0v) is 10.1. The maximum absolute atomic E-state index is 11.6. The summed E-state index contributed by atoms with van der Waals surface area (Å²) in [4.78, 5) is 11.6. The Hall–Kier alpha value is -1.07. The second kappa shape index (κ2) is 4.63. The number of hydrogen-bond donors (Lipinski definition) is 2. The van der Waals surface area contributed by atoms with Crippen molar-refractivity contribution in [1.82, 2.24) is 0 Å². The second-order valence-corrected chi connectivity index (χ2v) is 3.89. The van der Waals surface area contributed by atoms with E-state index in [0.29, 0.717) is 15.6 Å². The molecular formula is C10H12BrNO3. The van der Waals surface area contributed by atoms with Crippen LogP contribution < -0.4 is 10.5 Å². The van der Waals surface area contributed by atoms with Gasteiger partial charge in [0.1, 0.15) is 0 Å². The number of ether oxygens (including phenoxy) is 1. The van der Waals surface area contributed by atoms with E-state index in [9.17, 15) is 9.90 Å². The number of phenols is 1. The standard InChI is InChI=1S/C10H12BrNO3/c1-5-6(11)3-7(13)10(15-2)9(5)8(14)4-12/h3,13H,4,12H2,1-2H3. The molecule has 0 bridgehead atoms. The van der Waals surface area contributed by atoms with Crippen LogP contribution in [0.25, 0.3) is 0 Å². The van der Waals surface area contributed by atoms with E-state index < -0.39 is 0 Å². The molecule has 0 fully saturated rings. The molecule has 5 heteroatoms. The molecule has 0 heterocycles. The quantitative estimate of drug-likeness (QED) is 0.821. The summed E-state index contributed by atoms with van der Waals surface area (Å²) < 4.78 is 5.64. The Balaban J connectivity index is 3.50. The SMILES string of the molecule is COc1c(O)cc(Br)c(C)c1C(=O)CN. The topological polar surface area (TPSA) is 72.5 Å². The molecule has 0 aliphatic rings. The van der Waals surface area contributed by atoms with Gasteiger partial charge >= 0.3 is 0 Å². The normalized spacial score (nSPS) is 10.1. The van der Waals surface area contributed by atoms with Crippen molar-refractivity contribution < 1.29 is 14.6 Å². The second-order valence-electron chi connectivity index (χ2n) is 3.04. The van der Waals surface area contributed by atoms with Gasteiger partial charge in [-0.3, -0.25) is 4.79 Å². The Morgan fingerprint density at radius 3 is 2.73 bits per heavy atom. The number of carbonyl (C=O) groups is 1. The average Bonchev–Trinajstić information content (AvgIpc) is 2.21. The van der Waals surface area contributed by atoms with Crippen LogP contribution in [-0.2, 0) is 0 Å². The number of halogens is 1. The number of benzene rings is 1. The summed E-state index contributed by atoms with van der Waals surface area (Å²) in [6, 6.07) is 1.49. The molecule has 0 radical (unpaired) electrons. The molecule has 0 spiro atoms. The summed E-state index contributed by atoms with van der Waals surface area (Å²) in [6.07, 6.45) is 0. The number of aromatic hydroxyl groups is 1. The van der Waals surface area contributed by atoms with Crippen LogP contribution in [-0.4, -0.2) is 24.5 Å². The predicted octanol–water partition coefficient (Wildman–Crippen LogP) is 1.61. The van der Waals surface area contributed by atoms with Crippen molar-refractivity contribution in [1.29, 1.82) is 0 Å². The predicted molar refractivity (Wildman–Crippen MR) is 60.5 cm³/mol. The molecule has 1 rings (SSSR count). The molecule has 3 N–H and O–H groups in total. The first-order chi connectivity index (χ1) is 7.02. The lowest BCUT2D eigenvalue weighted by molar-refractivity contribution is 0.0997. The van der Waals surface area contributed by atoms with Crippen molar-refractivity contribution >= 4 is 21.7 Å². The summed E-state index contributed by atoms with van der Waals surface area (Å²) in [5, 5.41) is 9.59. The van der Waals surface area contributed by atoms with Crippen LogP contribution in [0.5, 0.6) is 11.5 Å². The molecule has 82 valence electrons. The van der Waals surface area contributed by atoms with Crippen molar-refractivity contribution in [2.24, 2.45) is 5.73 Å². The number of methoxy groups -OCH3 is 1. The fourth-order valence-electron chi connectivity index (χ4n) is 1.36. The molecule has 4 nitrogen and oxygen atoms in total. The summed E-state index contributed by atoms with van der Waals surface area (Å²) in [6.45, 7) is 1.64. The number of ketones is 1. The van der Waals surface area contributed by atoms with E-state index in [-0.39, 0.29) is 23.8 Å². The van der Waals surface area contributed by atoms with E-state index in [4.69, 9.17) is 10.5 Å². The van der Waals surface area contributed by atoms with Crippen molar-refractivity contribution in [3.8, 4) is 11.5 Å². The zero-order valence-electron chi connectivity index (χ0n) is 8.50. The van der Waals surface area contributed by atoms with Gasteiger partial charge in [0, 0.05) is 4.47 Å². The van der Waals surface area contributed by atoms with Gasteiger partial charge in [-0.05, 0) is 18.6 Å². The summed E-state index contributed by atoms with van der Waals surface area (Å²) in [7, 11) is 1.40. The minimum absolute atomic E-state index is 0.0771. The lowest BCUT2D eigenvalue weighted by Crippen LogP contribution is -2.16. The van der Waals surface area contributed by atoms with Crippen LogP contribution in [0.2, 0.25) is 0 Å². The molecule has 1 aromatic rings. The Kier molecular flexibility index (Phi) is 3.71. The first-order valence-electron chi connectivity index (χ1n) is 4.32. The third-order valence-corrected chi connectivity index (χ3v) is 2.95. The molecule has 0 atom stereocenters. The van der Waals surface area contributed by atoms with E-state index >= 15 is 0 Å². The molecule has 0 amide bonds. The minimum atomic E-state index is -0.263. The minimum Gasteiger partial charge on any atom is -0.504 e. The van der Waals surface area contributed by atoms with E-state index in [1.165, 1.54) is 13.2 Å². The van der Waals surface area contributed by atoms with Crippen molar-refractivity contribution in [2.75, 3.05) is 13.7 Å². The van der Waals surface area contributed by atoms with Gasteiger partial charge in [0.25, 0.3) is 0 Å². The Bertz CT molecular complexity index is 404. The molecule has 0 unspecified atom stereocenters. The van der Waals surface area contributed by atoms with E-state index in [0.717, 1.165) is 0 Å². The Morgan fingerprint density at radius 1 is 1.67 bits per heavy atom. The highest BCUT2D eigenvalue weighted by Gasteiger charge is 2.19. The molecular weight excluding hydrogens is 262 g/mol. The van der Waals surface area contributed by atoms with Crippen LogP contribution >= 0.6 is 15.9 Å². The van der Waals surface area contributed by atoms with Gasteiger partial charge in [0.15, 0.2) is 17.3 Å². The molecule has 0 aliphatic heterocycles. The third kappa shape index (κ3) is 2.13. The lowest BCUT2D eigenvalue weighted by atomic mass is 10.0. The summed E-state index contributed by atoms with van der Waals surface area (Å²) in [5.74, 6) is -0.168.